The molecule has 1 spiro atoms. The summed E-state index contributed by atoms with van der Waals surface area (Å²) in [7, 11) is 3.57. The van der Waals surface area contributed by atoms with Crippen LogP contribution in [-0.4, -0.2) is 62.1 Å². The Morgan fingerprint density at radius 3 is 2.62 bits per heavy atom. The third kappa shape index (κ3) is 3.56. The average molecular weight is 359 g/mol. The normalized spacial score (nSPS) is 21.7. The van der Waals surface area contributed by atoms with Crippen LogP contribution in [0.3, 0.4) is 0 Å². The minimum absolute atomic E-state index is 0.108. The summed E-state index contributed by atoms with van der Waals surface area (Å²) in [4.78, 5) is 29.1. The van der Waals surface area contributed by atoms with Crippen LogP contribution in [0, 0.1) is 11.3 Å². The number of benzene rings is 1. The first-order chi connectivity index (χ1) is 12.5. The number of rotatable bonds is 3. The van der Waals surface area contributed by atoms with Gasteiger partial charge < -0.3 is 19.9 Å². The molecule has 1 N–H and O–H groups in total. The molecule has 0 bridgehead atoms. The van der Waals surface area contributed by atoms with Gasteiger partial charge in [0.25, 0.3) is 0 Å². The lowest BCUT2D eigenvalue weighted by atomic mass is 9.71. The van der Waals surface area contributed by atoms with E-state index in [0.29, 0.717) is 26.3 Å². The summed E-state index contributed by atoms with van der Waals surface area (Å²) in [6, 6.07) is 7.74. The molecule has 2 aliphatic heterocycles. The maximum absolute atomic E-state index is 12.9. The number of para-hydroxylation sites is 1. The molecule has 0 radical (unpaired) electrons. The van der Waals surface area contributed by atoms with Crippen LogP contribution in [0.1, 0.15) is 25.3 Å². The van der Waals surface area contributed by atoms with E-state index in [1.165, 1.54) is 0 Å². The van der Waals surface area contributed by atoms with Gasteiger partial charge in [-0.3, -0.25) is 4.79 Å². The van der Waals surface area contributed by atoms with Gasteiger partial charge in [-0.05, 0) is 30.9 Å². The van der Waals surface area contributed by atoms with E-state index < -0.39 is 0 Å². The van der Waals surface area contributed by atoms with E-state index in [4.69, 9.17) is 4.74 Å². The molecule has 6 nitrogen and oxygen atoms in total. The highest BCUT2D eigenvalue weighted by Gasteiger charge is 2.52. The number of amides is 3. The number of carbonyl (C=O) groups is 2. The van der Waals surface area contributed by atoms with Crippen molar-refractivity contribution in [2.24, 2.45) is 11.3 Å². The smallest absolute Gasteiger partial charge is 0.321 e. The molecule has 1 atom stereocenters. The molecule has 2 fully saturated rings. The summed E-state index contributed by atoms with van der Waals surface area (Å²) in [5.41, 5.74) is 1.80. The Bertz CT molecular complexity index is 668. The molecule has 3 amide bonds. The number of ether oxygens (including phenoxy) is 1. The van der Waals surface area contributed by atoms with E-state index in [-0.39, 0.29) is 23.3 Å². The highest BCUT2D eigenvalue weighted by Crippen LogP contribution is 2.45. The first kappa shape index (κ1) is 18.7. The standard InChI is InChI=1S/C20H29N3O3/c1-4-15-7-5-6-8-17(15)21-19(25)23-13-16(18(24)22(2)3)20(14-23)9-11-26-12-10-20/h5-8,16H,4,9-14H2,1-3H3,(H,21,25). The molecule has 6 heteroatoms. The Morgan fingerprint density at radius 1 is 1.27 bits per heavy atom. The number of hydrogen-bond donors (Lipinski definition) is 1. The molecule has 2 heterocycles. The van der Waals surface area contributed by atoms with Gasteiger partial charge >= 0.3 is 6.03 Å². The van der Waals surface area contributed by atoms with Crippen LogP contribution >= 0.6 is 0 Å². The summed E-state index contributed by atoms with van der Waals surface area (Å²) >= 11 is 0. The highest BCUT2D eigenvalue weighted by molar-refractivity contribution is 5.91. The zero-order valence-electron chi connectivity index (χ0n) is 16.0. The number of aryl methyl sites for hydroxylation is 1. The molecule has 0 aromatic heterocycles. The van der Waals surface area contributed by atoms with Crippen LogP contribution in [0.15, 0.2) is 24.3 Å². The molecule has 1 unspecified atom stereocenters. The molecule has 1 aromatic rings. The third-order valence-electron chi connectivity index (χ3n) is 5.80. The first-order valence-electron chi connectivity index (χ1n) is 9.39. The Labute approximate surface area is 155 Å². The average Bonchev–Trinajstić information content (AvgIpc) is 3.00. The van der Waals surface area contributed by atoms with Crippen LogP contribution in [0.25, 0.3) is 0 Å². The molecule has 2 aliphatic rings. The predicted molar refractivity (Wildman–Crippen MR) is 101 cm³/mol. The van der Waals surface area contributed by atoms with E-state index in [2.05, 4.69) is 12.2 Å². The molecular formula is C20H29N3O3. The molecule has 0 aliphatic carbocycles. The fourth-order valence-electron chi connectivity index (χ4n) is 4.20. The van der Waals surface area contributed by atoms with Crippen molar-refractivity contribution in [1.82, 2.24) is 9.80 Å². The van der Waals surface area contributed by atoms with Crippen molar-refractivity contribution in [2.45, 2.75) is 26.2 Å². The van der Waals surface area contributed by atoms with Gasteiger partial charge in [0.1, 0.15) is 0 Å². The summed E-state index contributed by atoms with van der Waals surface area (Å²) in [6.07, 6.45) is 2.51. The number of nitrogens with zero attached hydrogens (tertiary/aromatic N) is 2. The second-order valence-corrected chi connectivity index (χ2v) is 7.58. The fraction of sp³-hybridized carbons (Fsp3) is 0.600. The fourth-order valence-corrected chi connectivity index (χ4v) is 4.20. The van der Waals surface area contributed by atoms with Gasteiger partial charge in [0.05, 0.1) is 5.92 Å². The van der Waals surface area contributed by atoms with Gasteiger partial charge in [-0.2, -0.15) is 0 Å². The monoisotopic (exact) mass is 359 g/mol. The number of anilines is 1. The van der Waals surface area contributed by atoms with E-state index in [9.17, 15) is 9.59 Å². The zero-order chi connectivity index (χ0) is 18.7. The molecule has 3 rings (SSSR count). The summed E-state index contributed by atoms with van der Waals surface area (Å²) < 4.78 is 5.52. The maximum atomic E-state index is 12.9. The van der Waals surface area contributed by atoms with Crippen molar-refractivity contribution in [2.75, 3.05) is 45.7 Å². The SMILES string of the molecule is CCc1ccccc1NC(=O)N1CC(C(=O)N(C)C)C2(CCOCC2)C1. The Hall–Kier alpha value is -2.08. The van der Waals surface area contributed by atoms with Gasteiger partial charge in [-0.15, -0.1) is 0 Å². The lowest BCUT2D eigenvalue weighted by Crippen LogP contribution is -2.44. The number of hydrogen-bond acceptors (Lipinski definition) is 3. The van der Waals surface area contributed by atoms with E-state index >= 15 is 0 Å². The number of carbonyl (C=O) groups excluding carboxylic acids is 2. The van der Waals surface area contributed by atoms with Crippen LogP contribution in [0.5, 0.6) is 0 Å². The van der Waals surface area contributed by atoms with Gasteiger partial charge in [0.15, 0.2) is 0 Å². The van der Waals surface area contributed by atoms with Gasteiger partial charge in [-0.1, -0.05) is 25.1 Å². The predicted octanol–water partition coefficient (Wildman–Crippen LogP) is 2.60. The van der Waals surface area contributed by atoms with E-state index in [0.717, 1.165) is 30.5 Å². The topological polar surface area (TPSA) is 61.9 Å². The number of nitrogens with one attached hydrogen (secondary N) is 1. The number of likely N-dealkylation sites (tertiary alicyclic amines) is 1. The van der Waals surface area contributed by atoms with Crippen molar-refractivity contribution in [3.8, 4) is 0 Å². The minimum atomic E-state index is -0.165. The van der Waals surface area contributed by atoms with Crippen molar-refractivity contribution in [3.63, 3.8) is 0 Å². The second-order valence-electron chi connectivity index (χ2n) is 7.58. The second kappa shape index (κ2) is 7.66. The third-order valence-corrected chi connectivity index (χ3v) is 5.80. The summed E-state index contributed by atoms with van der Waals surface area (Å²) in [5.74, 6) is -0.0512. The lowest BCUT2D eigenvalue weighted by molar-refractivity contribution is -0.138. The van der Waals surface area contributed by atoms with Crippen molar-refractivity contribution in [1.29, 1.82) is 0 Å². The largest absolute Gasteiger partial charge is 0.381 e. The molecule has 1 aromatic carbocycles. The summed E-state index contributed by atoms with van der Waals surface area (Å²) in [6.45, 7) is 4.47. The Kier molecular flexibility index (Phi) is 5.51. The summed E-state index contributed by atoms with van der Waals surface area (Å²) in [5, 5.41) is 3.04. The van der Waals surface area contributed by atoms with Crippen LogP contribution in [0.4, 0.5) is 10.5 Å². The molecule has 0 saturated carbocycles. The van der Waals surface area contributed by atoms with Crippen LogP contribution in [-0.2, 0) is 16.0 Å². The lowest BCUT2D eigenvalue weighted by Gasteiger charge is -2.37. The molecular weight excluding hydrogens is 330 g/mol. The van der Waals surface area contributed by atoms with Crippen molar-refractivity contribution in [3.05, 3.63) is 29.8 Å². The molecule has 142 valence electrons. The van der Waals surface area contributed by atoms with E-state index in [1.54, 1.807) is 19.0 Å². The maximum Gasteiger partial charge on any atom is 0.321 e. The Morgan fingerprint density at radius 2 is 1.96 bits per heavy atom. The van der Waals surface area contributed by atoms with Gasteiger partial charge in [0.2, 0.25) is 5.91 Å². The highest BCUT2D eigenvalue weighted by atomic mass is 16.5. The van der Waals surface area contributed by atoms with Crippen LogP contribution in [0.2, 0.25) is 0 Å². The Balaban J connectivity index is 1.78. The van der Waals surface area contributed by atoms with Gasteiger partial charge in [-0.25, -0.2) is 4.79 Å². The number of urea groups is 1. The van der Waals surface area contributed by atoms with Crippen LogP contribution < -0.4 is 5.32 Å². The molecule has 26 heavy (non-hydrogen) atoms. The zero-order valence-corrected chi connectivity index (χ0v) is 16.0. The molecule has 2 saturated heterocycles. The van der Waals surface area contributed by atoms with Crippen molar-refractivity contribution >= 4 is 17.6 Å². The van der Waals surface area contributed by atoms with Crippen molar-refractivity contribution < 1.29 is 14.3 Å². The van der Waals surface area contributed by atoms with E-state index in [1.807, 2.05) is 29.2 Å². The first-order valence-corrected chi connectivity index (χ1v) is 9.39. The minimum Gasteiger partial charge on any atom is -0.381 e. The quantitative estimate of drug-likeness (QED) is 0.902. The van der Waals surface area contributed by atoms with Gasteiger partial charge in [0, 0.05) is 51.5 Å².